The van der Waals surface area contributed by atoms with Gasteiger partial charge in [0.25, 0.3) is 0 Å². The monoisotopic (exact) mass is 151 g/mol. The van der Waals surface area contributed by atoms with E-state index in [0.717, 1.165) is 13.0 Å². The molecule has 0 aromatic rings. The van der Waals surface area contributed by atoms with E-state index >= 15 is 0 Å². The molecule has 0 saturated carbocycles. The zero-order valence-electron chi connectivity index (χ0n) is 5.95. The van der Waals surface area contributed by atoms with Crippen molar-refractivity contribution >= 4 is 13.5 Å². The molecule has 0 aromatic heterocycles. The van der Waals surface area contributed by atoms with Gasteiger partial charge in [-0.05, 0) is 12.8 Å². The Bertz CT molecular complexity index is 230. The summed E-state index contributed by atoms with van der Waals surface area (Å²) < 4.78 is 0. The second-order valence-electron chi connectivity index (χ2n) is 2.37. The van der Waals surface area contributed by atoms with Gasteiger partial charge >= 0.3 is 13.5 Å². The van der Waals surface area contributed by atoms with E-state index in [1.807, 2.05) is 0 Å². The first-order valence-electron chi connectivity index (χ1n) is 3.34. The van der Waals surface area contributed by atoms with Gasteiger partial charge in [-0.2, -0.15) is 0 Å². The summed E-state index contributed by atoms with van der Waals surface area (Å²) >= 11 is 0. The van der Waals surface area contributed by atoms with E-state index in [-0.39, 0.29) is 0 Å². The van der Waals surface area contributed by atoms with Crippen LogP contribution in [-0.2, 0) is 4.79 Å². The molecule has 1 aliphatic rings. The van der Waals surface area contributed by atoms with Crippen LogP contribution in [0.15, 0.2) is 23.2 Å². The predicted octanol–water partition coefficient (Wildman–Crippen LogP) is 0.287. The number of hydrogen-bond donors (Lipinski definition) is 2. The van der Waals surface area contributed by atoms with E-state index < -0.39 is 5.97 Å². The molecule has 0 amide bonds. The summed E-state index contributed by atoms with van der Waals surface area (Å²) in [6.07, 6.45) is 4.24. The number of rotatable bonds is 2. The lowest BCUT2D eigenvalue weighted by Gasteiger charge is -2.07. The van der Waals surface area contributed by atoms with Crippen LogP contribution in [0.25, 0.3) is 0 Å². The van der Waals surface area contributed by atoms with Gasteiger partial charge in [-0.1, -0.05) is 17.6 Å². The number of carbonyl (C=O) groups is 1. The van der Waals surface area contributed by atoms with Crippen LogP contribution in [0.1, 0.15) is 12.8 Å². The Morgan fingerprint density at radius 2 is 2.18 bits per heavy atom. The average Bonchev–Trinajstić information content (AvgIpc) is 2.05. The number of carboxylic acid groups (broad SMARTS) is 1. The minimum absolute atomic E-state index is 0.399. The molecule has 0 bridgehead atoms. The highest BCUT2D eigenvalue weighted by molar-refractivity contribution is 6.36. The summed E-state index contributed by atoms with van der Waals surface area (Å²) in [4.78, 5) is 10.4. The molecule has 0 atom stereocenters. The number of hydrogen-bond acceptors (Lipinski definition) is 2. The van der Waals surface area contributed by atoms with Crippen LogP contribution in [0.4, 0.5) is 0 Å². The summed E-state index contributed by atoms with van der Waals surface area (Å²) in [7, 11) is 1.01. The van der Waals surface area contributed by atoms with Gasteiger partial charge in [-0.15, -0.1) is 0 Å². The summed E-state index contributed by atoms with van der Waals surface area (Å²) in [6, 6.07) is 0. The minimum atomic E-state index is -0.877. The molecule has 57 valence electrons. The lowest BCUT2D eigenvalue weighted by atomic mass is 9.80. The highest BCUT2D eigenvalue weighted by Gasteiger charge is 2.11. The lowest BCUT2D eigenvalue weighted by molar-refractivity contribution is -0.132. The standard InChI is InChI=1S/C7H8BO3/c9-7(10)5-1-3-6(8-11)4-2-5/h1,3,11H,2,4H2,(H,9,10). The number of aliphatic carboxylic acids is 1. The van der Waals surface area contributed by atoms with Crippen LogP contribution >= 0.6 is 0 Å². The molecule has 0 heterocycles. The third-order valence-electron chi connectivity index (χ3n) is 1.62. The van der Waals surface area contributed by atoms with Crippen molar-refractivity contribution in [2.24, 2.45) is 0 Å². The van der Waals surface area contributed by atoms with E-state index in [2.05, 4.69) is 0 Å². The van der Waals surface area contributed by atoms with Gasteiger partial charge in [0.1, 0.15) is 0 Å². The zero-order valence-corrected chi connectivity index (χ0v) is 5.95. The van der Waals surface area contributed by atoms with Gasteiger partial charge in [-0.25, -0.2) is 4.79 Å². The predicted molar refractivity (Wildman–Crippen MR) is 41.0 cm³/mol. The number of carboxylic acids is 1. The summed E-state index contributed by atoms with van der Waals surface area (Å²) in [5.41, 5.74) is 1.17. The van der Waals surface area contributed by atoms with Crippen molar-refractivity contribution in [1.29, 1.82) is 0 Å². The van der Waals surface area contributed by atoms with Crippen LogP contribution < -0.4 is 0 Å². The lowest BCUT2D eigenvalue weighted by Crippen LogP contribution is -2.06. The highest BCUT2D eigenvalue weighted by atomic mass is 16.4. The molecule has 11 heavy (non-hydrogen) atoms. The first kappa shape index (κ1) is 8.08. The Morgan fingerprint density at radius 3 is 2.55 bits per heavy atom. The van der Waals surface area contributed by atoms with Crippen molar-refractivity contribution in [3.05, 3.63) is 23.2 Å². The molecule has 0 saturated heterocycles. The molecular formula is C7H8BO3. The van der Waals surface area contributed by atoms with Gasteiger partial charge in [0.2, 0.25) is 0 Å². The van der Waals surface area contributed by atoms with Crippen LogP contribution in [0, 0.1) is 0 Å². The molecule has 3 nitrogen and oxygen atoms in total. The topological polar surface area (TPSA) is 57.5 Å². The third-order valence-corrected chi connectivity index (χ3v) is 1.62. The Balaban J connectivity index is 2.69. The fourth-order valence-electron chi connectivity index (χ4n) is 0.939. The normalized spacial score (nSPS) is 16.8. The van der Waals surface area contributed by atoms with Gasteiger partial charge < -0.3 is 10.1 Å². The molecule has 0 aliphatic heterocycles. The first-order valence-corrected chi connectivity index (χ1v) is 3.34. The van der Waals surface area contributed by atoms with E-state index in [1.165, 1.54) is 6.08 Å². The molecule has 0 aromatic carbocycles. The fourth-order valence-corrected chi connectivity index (χ4v) is 0.939. The summed E-state index contributed by atoms with van der Waals surface area (Å²) in [5, 5.41) is 17.1. The smallest absolute Gasteiger partial charge is 0.331 e. The largest absolute Gasteiger partial charge is 0.478 e. The molecular weight excluding hydrogens is 143 g/mol. The molecule has 1 aliphatic carbocycles. The average molecular weight is 151 g/mol. The quantitative estimate of drug-likeness (QED) is 0.557. The van der Waals surface area contributed by atoms with Gasteiger partial charge in [0.15, 0.2) is 0 Å². The molecule has 1 rings (SSSR count). The van der Waals surface area contributed by atoms with Crippen LogP contribution in [0.5, 0.6) is 0 Å². The van der Waals surface area contributed by atoms with Gasteiger partial charge in [0, 0.05) is 5.57 Å². The minimum Gasteiger partial charge on any atom is -0.478 e. The molecule has 0 spiro atoms. The molecule has 2 N–H and O–H groups in total. The van der Waals surface area contributed by atoms with E-state index in [0.29, 0.717) is 18.4 Å². The third kappa shape index (κ3) is 1.95. The van der Waals surface area contributed by atoms with E-state index in [1.54, 1.807) is 6.08 Å². The molecule has 1 radical (unpaired) electrons. The molecule has 0 unspecified atom stereocenters. The van der Waals surface area contributed by atoms with Crippen molar-refractivity contribution in [2.45, 2.75) is 12.8 Å². The van der Waals surface area contributed by atoms with Crippen molar-refractivity contribution in [2.75, 3.05) is 0 Å². The highest BCUT2D eigenvalue weighted by Crippen LogP contribution is 2.16. The van der Waals surface area contributed by atoms with Crippen LogP contribution in [0.3, 0.4) is 0 Å². The maximum atomic E-state index is 10.4. The van der Waals surface area contributed by atoms with Crippen LogP contribution in [0.2, 0.25) is 0 Å². The summed E-state index contributed by atoms with van der Waals surface area (Å²) in [5.74, 6) is -0.877. The van der Waals surface area contributed by atoms with Gasteiger partial charge in [0.05, 0.1) is 0 Å². The second-order valence-corrected chi connectivity index (χ2v) is 2.37. The molecule has 4 heteroatoms. The first-order chi connectivity index (χ1) is 5.24. The summed E-state index contributed by atoms with van der Waals surface area (Å²) in [6.45, 7) is 0. The van der Waals surface area contributed by atoms with Crippen molar-refractivity contribution < 1.29 is 14.9 Å². The SMILES string of the molecule is O=C(O)C1=CC=C([B]O)CC1. The Labute approximate surface area is 65.3 Å². The van der Waals surface area contributed by atoms with E-state index in [4.69, 9.17) is 10.1 Å². The van der Waals surface area contributed by atoms with E-state index in [9.17, 15) is 4.79 Å². The Kier molecular flexibility index (Phi) is 2.49. The van der Waals surface area contributed by atoms with Gasteiger partial charge in [-0.3, -0.25) is 0 Å². The van der Waals surface area contributed by atoms with Crippen LogP contribution in [-0.4, -0.2) is 23.6 Å². The fraction of sp³-hybridized carbons (Fsp3) is 0.286. The Hall–Kier alpha value is -1.03. The van der Waals surface area contributed by atoms with Crippen molar-refractivity contribution in [1.82, 2.24) is 0 Å². The zero-order chi connectivity index (χ0) is 8.27. The maximum Gasteiger partial charge on any atom is 0.331 e. The Morgan fingerprint density at radius 1 is 1.45 bits per heavy atom. The molecule has 0 fully saturated rings. The van der Waals surface area contributed by atoms with Crippen molar-refractivity contribution in [3.63, 3.8) is 0 Å². The maximum absolute atomic E-state index is 10.4. The second kappa shape index (κ2) is 3.39. The van der Waals surface area contributed by atoms with Crippen molar-refractivity contribution in [3.8, 4) is 0 Å². The number of allylic oxidation sites excluding steroid dienone is 3.